The number of nitrogens with zero attached hydrogens (tertiary/aromatic N) is 3. The number of rotatable bonds is 5. The highest BCUT2D eigenvalue weighted by molar-refractivity contribution is 5.79. The zero-order chi connectivity index (χ0) is 22.7. The van der Waals surface area contributed by atoms with Gasteiger partial charge in [0, 0.05) is 43.7 Å². The predicted octanol–water partition coefficient (Wildman–Crippen LogP) is 4.27. The Labute approximate surface area is 184 Å². The Morgan fingerprint density at radius 2 is 1.88 bits per heavy atom. The highest BCUT2D eigenvalue weighted by Crippen LogP contribution is 2.39. The molecule has 0 spiro atoms. The van der Waals surface area contributed by atoms with E-state index in [1.165, 1.54) is 12.1 Å². The second-order valence-electron chi connectivity index (χ2n) is 8.08. The second-order valence-corrected chi connectivity index (χ2v) is 8.08. The maximum atomic E-state index is 13.1. The van der Waals surface area contributed by atoms with E-state index in [1.807, 2.05) is 9.80 Å². The molecule has 1 aromatic heterocycles. The van der Waals surface area contributed by atoms with Gasteiger partial charge in [0.2, 0.25) is 5.91 Å². The van der Waals surface area contributed by atoms with E-state index >= 15 is 0 Å². The molecule has 0 N–H and O–H groups in total. The third kappa shape index (κ3) is 4.67. The van der Waals surface area contributed by atoms with Crippen molar-refractivity contribution in [3.05, 3.63) is 48.3 Å². The maximum Gasteiger partial charge on any atom is 0.416 e. The Morgan fingerprint density at radius 1 is 1.16 bits per heavy atom. The van der Waals surface area contributed by atoms with Crippen molar-refractivity contribution in [2.45, 2.75) is 31.5 Å². The standard InChI is InChI=1S/C23H26F3N3O3/c1-31-21-6-10-27-14-20(21)29(18-4-2-17(3-5-18)23(24,25)26)19-7-11-28(12-8-19)22(30)16-9-13-32-15-16/h2-6,10,14,16,19H,7-9,11-13,15H2,1H3/t16-/m1/s1. The highest BCUT2D eigenvalue weighted by Gasteiger charge is 2.34. The van der Waals surface area contributed by atoms with E-state index in [0.29, 0.717) is 56.3 Å². The Bertz CT molecular complexity index is 922. The van der Waals surface area contributed by atoms with Crippen molar-refractivity contribution >= 4 is 17.3 Å². The summed E-state index contributed by atoms with van der Waals surface area (Å²) in [5.74, 6) is 0.637. The van der Waals surface area contributed by atoms with Crippen LogP contribution in [0.5, 0.6) is 5.75 Å². The molecule has 1 atom stereocenters. The maximum absolute atomic E-state index is 13.1. The molecule has 4 rings (SSSR count). The van der Waals surface area contributed by atoms with Crippen molar-refractivity contribution < 1.29 is 27.4 Å². The SMILES string of the molecule is COc1ccncc1N(c1ccc(C(F)(F)F)cc1)C1CCN(C(=O)[C@@H]2CCOC2)CC1. The van der Waals surface area contributed by atoms with Crippen molar-refractivity contribution in [2.75, 3.05) is 38.3 Å². The topological polar surface area (TPSA) is 54.9 Å². The summed E-state index contributed by atoms with van der Waals surface area (Å²) in [4.78, 5) is 20.8. The fourth-order valence-electron chi connectivity index (χ4n) is 4.42. The summed E-state index contributed by atoms with van der Waals surface area (Å²) in [7, 11) is 1.55. The number of hydrogen-bond acceptors (Lipinski definition) is 5. The lowest BCUT2D eigenvalue weighted by molar-refractivity contribution is -0.138. The van der Waals surface area contributed by atoms with Gasteiger partial charge in [0.05, 0.1) is 31.4 Å². The van der Waals surface area contributed by atoms with Gasteiger partial charge in [0.25, 0.3) is 0 Å². The Hall–Kier alpha value is -2.81. The number of likely N-dealkylation sites (tertiary alicyclic amines) is 1. The van der Waals surface area contributed by atoms with Crippen LogP contribution in [-0.4, -0.2) is 55.2 Å². The minimum Gasteiger partial charge on any atom is -0.494 e. The van der Waals surface area contributed by atoms with Gasteiger partial charge >= 0.3 is 6.18 Å². The van der Waals surface area contributed by atoms with Gasteiger partial charge in [-0.2, -0.15) is 13.2 Å². The van der Waals surface area contributed by atoms with Gasteiger partial charge in [-0.05, 0) is 43.5 Å². The molecule has 2 aliphatic rings. The van der Waals surface area contributed by atoms with Crippen molar-refractivity contribution in [2.24, 2.45) is 5.92 Å². The van der Waals surface area contributed by atoms with Gasteiger partial charge in [-0.15, -0.1) is 0 Å². The first-order valence-corrected chi connectivity index (χ1v) is 10.7. The van der Waals surface area contributed by atoms with Crippen LogP contribution < -0.4 is 9.64 Å². The Kier molecular flexibility index (Phi) is 6.55. The average molecular weight is 449 g/mol. The smallest absolute Gasteiger partial charge is 0.416 e. The monoisotopic (exact) mass is 449 g/mol. The minimum absolute atomic E-state index is 0.0197. The number of carbonyl (C=O) groups is 1. The number of ether oxygens (including phenoxy) is 2. The number of alkyl halides is 3. The number of aromatic nitrogens is 1. The molecule has 0 unspecified atom stereocenters. The van der Waals surface area contributed by atoms with Crippen LogP contribution in [0.3, 0.4) is 0 Å². The van der Waals surface area contributed by atoms with E-state index < -0.39 is 11.7 Å². The number of anilines is 2. The molecule has 1 aromatic carbocycles. The zero-order valence-electron chi connectivity index (χ0n) is 17.8. The normalized spacial score (nSPS) is 19.8. The lowest BCUT2D eigenvalue weighted by Crippen LogP contribution is -2.47. The molecule has 32 heavy (non-hydrogen) atoms. The number of benzene rings is 1. The summed E-state index contributed by atoms with van der Waals surface area (Å²) in [6.45, 7) is 2.26. The first kappa shape index (κ1) is 22.4. The first-order chi connectivity index (χ1) is 15.4. The molecular formula is C23H26F3N3O3. The molecule has 2 aliphatic heterocycles. The minimum atomic E-state index is -4.40. The third-order valence-corrected chi connectivity index (χ3v) is 6.13. The molecule has 0 bridgehead atoms. The van der Waals surface area contributed by atoms with Crippen LogP contribution in [-0.2, 0) is 15.7 Å². The first-order valence-electron chi connectivity index (χ1n) is 10.7. The van der Waals surface area contributed by atoms with E-state index in [0.717, 1.165) is 18.6 Å². The zero-order valence-corrected chi connectivity index (χ0v) is 17.8. The van der Waals surface area contributed by atoms with Crippen LogP contribution in [0.2, 0.25) is 0 Å². The summed E-state index contributed by atoms with van der Waals surface area (Å²) in [6, 6.07) is 6.83. The quantitative estimate of drug-likeness (QED) is 0.682. The summed E-state index contributed by atoms with van der Waals surface area (Å²) >= 11 is 0. The fourth-order valence-corrected chi connectivity index (χ4v) is 4.42. The van der Waals surface area contributed by atoms with Crippen molar-refractivity contribution in [3.8, 4) is 5.75 Å². The molecule has 0 aliphatic carbocycles. The van der Waals surface area contributed by atoms with E-state index in [2.05, 4.69) is 4.98 Å². The van der Waals surface area contributed by atoms with Crippen LogP contribution in [0.4, 0.5) is 24.5 Å². The number of piperidine rings is 1. The van der Waals surface area contributed by atoms with Gasteiger partial charge in [-0.1, -0.05) is 0 Å². The third-order valence-electron chi connectivity index (χ3n) is 6.13. The summed E-state index contributed by atoms with van der Waals surface area (Å²) in [5, 5.41) is 0. The largest absolute Gasteiger partial charge is 0.494 e. The van der Waals surface area contributed by atoms with Crippen molar-refractivity contribution in [1.29, 1.82) is 0 Å². The number of amides is 1. The molecule has 0 radical (unpaired) electrons. The summed E-state index contributed by atoms with van der Waals surface area (Å²) in [6.07, 6.45) is 0.979. The van der Waals surface area contributed by atoms with E-state index in [1.54, 1.807) is 25.6 Å². The number of carbonyl (C=O) groups excluding carboxylic acids is 1. The average Bonchev–Trinajstić information content (AvgIpc) is 3.34. The predicted molar refractivity (Wildman–Crippen MR) is 113 cm³/mol. The summed E-state index contributed by atoms with van der Waals surface area (Å²) in [5.41, 5.74) is 0.612. The molecule has 3 heterocycles. The van der Waals surface area contributed by atoms with Gasteiger partial charge in [-0.25, -0.2) is 0 Å². The lowest BCUT2D eigenvalue weighted by atomic mass is 9.99. The van der Waals surface area contributed by atoms with Gasteiger partial charge in [-0.3, -0.25) is 9.78 Å². The molecule has 6 nitrogen and oxygen atoms in total. The second kappa shape index (κ2) is 9.36. The number of hydrogen-bond donors (Lipinski definition) is 0. The Morgan fingerprint density at radius 3 is 2.47 bits per heavy atom. The lowest BCUT2D eigenvalue weighted by Gasteiger charge is -2.40. The van der Waals surface area contributed by atoms with E-state index in [-0.39, 0.29) is 17.9 Å². The van der Waals surface area contributed by atoms with Crippen LogP contribution in [0.25, 0.3) is 0 Å². The van der Waals surface area contributed by atoms with Crippen LogP contribution in [0, 0.1) is 5.92 Å². The van der Waals surface area contributed by atoms with E-state index in [4.69, 9.17) is 9.47 Å². The molecule has 2 fully saturated rings. The fraction of sp³-hybridized carbons (Fsp3) is 0.478. The Balaban J connectivity index is 1.58. The molecular weight excluding hydrogens is 423 g/mol. The van der Waals surface area contributed by atoms with Gasteiger partial charge in [0.1, 0.15) is 11.4 Å². The highest BCUT2D eigenvalue weighted by atomic mass is 19.4. The molecule has 2 aromatic rings. The number of pyridine rings is 1. The number of halogens is 3. The van der Waals surface area contributed by atoms with Crippen LogP contribution in [0.1, 0.15) is 24.8 Å². The molecule has 1 amide bonds. The molecule has 9 heteroatoms. The van der Waals surface area contributed by atoms with E-state index in [9.17, 15) is 18.0 Å². The van der Waals surface area contributed by atoms with Gasteiger partial charge < -0.3 is 19.3 Å². The molecule has 2 saturated heterocycles. The van der Waals surface area contributed by atoms with Crippen LogP contribution >= 0.6 is 0 Å². The molecule has 0 saturated carbocycles. The van der Waals surface area contributed by atoms with Gasteiger partial charge in [0.15, 0.2) is 0 Å². The summed E-state index contributed by atoms with van der Waals surface area (Å²) < 4.78 is 50.1. The number of methoxy groups -OCH3 is 1. The molecule has 172 valence electrons. The van der Waals surface area contributed by atoms with Crippen molar-refractivity contribution in [1.82, 2.24) is 9.88 Å². The van der Waals surface area contributed by atoms with Crippen LogP contribution in [0.15, 0.2) is 42.7 Å². The van der Waals surface area contributed by atoms with Crippen molar-refractivity contribution in [3.63, 3.8) is 0 Å².